The highest BCUT2D eigenvalue weighted by atomic mass is 19.1. The van der Waals surface area contributed by atoms with Crippen molar-refractivity contribution in [1.82, 2.24) is 19.9 Å². The SMILES string of the molecule is COc1cc(CCc2ccc(Cc3c[nH]c4ncc(C)cc34)c(F)n2)c(F)cn1. The first-order valence-electron chi connectivity index (χ1n) is 9.29. The topological polar surface area (TPSA) is 63.7 Å². The lowest BCUT2D eigenvalue weighted by molar-refractivity contribution is 0.394. The highest BCUT2D eigenvalue weighted by Gasteiger charge is 2.12. The van der Waals surface area contributed by atoms with Gasteiger partial charge in [0, 0.05) is 41.5 Å². The van der Waals surface area contributed by atoms with Crippen molar-refractivity contribution in [3.05, 3.63) is 82.6 Å². The molecule has 7 heteroatoms. The molecule has 29 heavy (non-hydrogen) atoms. The zero-order chi connectivity index (χ0) is 20.4. The number of halogens is 2. The molecule has 0 saturated carbocycles. The number of H-pyrrole nitrogens is 1. The fourth-order valence-corrected chi connectivity index (χ4v) is 3.31. The van der Waals surface area contributed by atoms with Gasteiger partial charge >= 0.3 is 0 Å². The Hall–Kier alpha value is -3.35. The van der Waals surface area contributed by atoms with E-state index in [1.807, 2.05) is 19.2 Å². The second-order valence-electron chi connectivity index (χ2n) is 6.97. The van der Waals surface area contributed by atoms with E-state index >= 15 is 0 Å². The van der Waals surface area contributed by atoms with E-state index in [0.29, 0.717) is 42.0 Å². The summed E-state index contributed by atoms with van der Waals surface area (Å²) in [5.74, 6) is -0.573. The maximum atomic E-state index is 14.6. The van der Waals surface area contributed by atoms with Crippen LogP contribution in [0.5, 0.6) is 5.88 Å². The van der Waals surface area contributed by atoms with Crippen molar-refractivity contribution in [2.45, 2.75) is 26.2 Å². The van der Waals surface area contributed by atoms with Crippen LogP contribution >= 0.6 is 0 Å². The molecule has 4 aromatic rings. The molecular weight excluding hydrogens is 374 g/mol. The van der Waals surface area contributed by atoms with Gasteiger partial charge in [-0.25, -0.2) is 19.3 Å². The lowest BCUT2D eigenvalue weighted by Crippen LogP contribution is -2.02. The molecule has 0 aliphatic rings. The number of aromatic nitrogens is 4. The minimum absolute atomic E-state index is 0.347. The Balaban J connectivity index is 1.50. The molecule has 0 radical (unpaired) electrons. The van der Waals surface area contributed by atoms with Gasteiger partial charge in [0.05, 0.1) is 13.3 Å². The molecule has 4 rings (SSSR count). The van der Waals surface area contributed by atoms with Crippen LogP contribution in [-0.4, -0.2) is 27.0 Å². The van der Waals surface area contributed by atoms with Gasteiger partial charge in [0.1, 0.15) is 11.5 Å². The van der Waals surface area contributed by atoms with Crippen LogP contribution in [-0.2, 0) is 19.3 Å². The summed E-state index contributed by atoms with van der Waals surface area (Å²) in [6.07, 6.45) is 5.98. The van der Waals surface area contributed by atoms with Crippen LogP contribution in [0.3, 0.4) is 0 Å². The van der Waals surface area contributed by atoms with Crippen LogP contribution < -0.4 is 4.74 Å². The molecule has 0 atom stereocenters. The van der Waals surface area contributed by atoms with E-state index in [0.717, 1.165) is 28.4 Å². The molecule has 4 aromatic heterocycles. The summed E-state index contributed by atoms with van der Waals surface area (Å²) in [5, 5.41) is 0.982. The highest BCUT2D eigenvalue weighted by molar-refractivity contribution is 5.80. The van der Waals surface area contributed by atoms with E-state index in [2.05, 4.69) is 19.9 Å². The molecule has 4 heterocycles. The molecule has 0 amide bonds. The van der Waals surface area contributed by atoms with E-state index in [9.17, 15) is 8.78 Å². The van der Waals surface area contributed by atoms with Gasteiger partial charge in [0.15, 0.2) is 0 Å². The number of methoxy groups -OCH3 is 1. The Morgan fingerprint density at radius 1 is 1.00 bits per heavy atom. The second-order valence-corrected chi connectivity index (χ2v) is 6.97. The van der Waals surface area contributed by atoms with Crippen LogP contribution in [0.4, 0.5) is 8.78 Å². The minimum Gasteiger partial charge on any atom is -0.481 e. The summed E-state index contributed by atoms with van der Waals surface area (Å²) in [6, 6.07) is 7.11. The molecule has 0 unspecified atom stereocenters. The number of fused-ring (bicyclic) bond motifs is 1. The Kier molecular flexibility index (Phi) is 5.20. The van der Waals surface area contributed by atoms with Crippen LogP contribution in [0.25, 0.3) is 11.0 Å². The third-order valence-electron chi connectivity index (χ3n) is 4.89. The van der Waals surface area contributed by atoms with Crippen LogP contribution in [0.1, 0.15) is 27.9 Å². The first kappa shape index (κ1) is 19.0. The predicted octanol–water partition coefficient (Wildman–Crippen LogP) is 4.32. The van der Waals surface area contributed by atoms with Gasteiger partial charge in [-0.2, -0.15) is 4.39 Å². The smallest absolute Gasteiger partial charge is 0.216 e. The molecule has 148 valence electrons. The van der Waals surface area contributed by atoms with Crippen molar-refractivity contribution < 1.29 is 13.5 Å². The summed E-state index contributed by atoms with van der Waals surface area (Å²) in [4.78, 5) is 15.4. The average Bonchev–Trinajstić information content (AvgIpc) is 3.11. The van der Waals surface area contributed by atoms with Crippen molar-refractivity contribution in [3.63, 3.8) is 0 Å². The van der Waals surface area contributed by atoms with E-state index in [1.165, 1.54) is 7.11 Å². The fraction of sp³-hybridized carbons (Fsp3) is 0.227. The predicted molar refractivity (Wildman–Crippen MR) is 106 cm³/mol. The van der Waals surface area contributed by atoms with Gasteiger partial charge in [0.25, 0.3) is 0 Å². The first-order chi connectivity index (χ1) is 14.0. The molecule has 5 nitrogen and oxygen atoms in total. The lowest BCUT2D eigenvalue weighted by Gasteiger charge is -2.07. The van der Waals surface area contributed by atoms with Crippen LogP contribution in [0, 0.1) is 18.7 Å². The van der Waals surface area contributed by atoms with Crippen LogP contribution in [0.15, 0.2) is 42.9 Å². The quantitative estimate of drug-likeness (QED) is 0.495. The Morgan fingerprint density at radius 3 is 2.66 bits per heavy atom. The van der Waals surface area contributed by atoms with Crippen LogP contribution in [0.2, 0.25) is 0 Å². The highest BCUT2D eigenvalue weighted by Crippen LogP contribution is 2.22. The number of nitrogens with one attached hydrogen (secondary N) is 1. The van der Waals surface area contributed by atoms with E-state index in [-0.39, 0.29) is 0 Å². The number of pyridine rings is 3. The molecule has 0 spiro atoms. The largest absolute Gasteiger partial charge is 0.481 e. The van der Waals surface area contributed by atoms with Gasteiger partial charge < -0.3 is 9.72 Å². The molecule has 0 bridgehead atoms. The molecular formula is C22H20F2N4O. The summed E-state index contributed by atoms with van der Waals surface area (Å²) in [7, 11) is 1.48. The van der Waals surface area contributed by atoms with Gasteiger partial charge in [-0.05, 0) is 48.6 Å². The molecule has 0 aromatic carbocycles. The number of hydrogen-bond donors (Lipinski definition) is 1. The maximum Gasteiger partial charge on any atom is 0.216 e. The first-order valence-corrected chi connectivity index (χ1v) is 9.29. The maximum absolute atomic E-state index is 14.6. The van der Waals surface area contributed by atoms with E-state index in [1.54, 1.807) is 24.4 Å². The number of aryl methyl sites for hydroxylation is 3. The van der Waals surface area contributed by atoms with Crippen molar-refractivity contribution >= 4 is 11.0 Å². The van der Waals surface area contributed by atoms with E-state index in [4.69, 9.17) is 4.74 Å². The number of nitrogens with zero attached hydrogens (tertiary/aromatic N) is 3. The summed E-state index contributed by atoms with van der Waals surface area (Å²) in [5.41, 5.74) is 4.34. The zero-order valence-corrected chi connectivity index (χ0v) is 16.2. The van der Waals surface area contributed by atoms with Crippen molar-refractivity contribution in [3.8, 4) is 5.88 Å². The normalized spacial score (nSPS) is 11.2. The summed E-state index contributed by atoms with van der Waals surface area (Å²) < 4.78 is 33.5. The Labute approximate surface area is 166 Å². The average molecular weight is 394 g/mol. The third-order valence-corrected chi connectivity index (χ3v) is 4.89. The number of rotatable bonds is 6. The molecule has 0 aliphatic heterocycles. The molecule has 1 N–H and O–H groups in total. The number of ether oxygens (including phenoxy) is 1. The number of aromatic amines is 1. The van der Waals surface area contributed by atoms with Crippen molar-refractivity contribution in [2.24, 2.45) is 0 Å². The third kappa shape index (κ3) is 4.08. The summed E-state index contributed by atoms with van der Waals surface area (Å²) in [6.45, 7) is 1.97. The molecule has 0 fully saturated rings. The lowest BCUT2D eigenvalue weighted by atomic mass is 10.0. The minimum atomic E-state index is -0.509. The van der Waals surface area contributed by atoms with E-state index < -0.39 is 11.8 Å². The van der Waals surface area contributed by atoms with Gasteiger partial charge in [0.2, 0.25) is 11.8 Å². The Bertz CT molecular complexity index is 1170. The van der Waals surface area contributed by atoms with Crippen molar-refractivity contribution in [2.75, 3.05) is 7.11 Å². The van der Waals surface area contributed by atoms with Gasteiger partial charge in [-0.15, -0.1) is 0 Å². The second kappa shape index (κ2) is 7.95. The number of hydrogen-bond acceptors (Lipinski definition) is 4. The monoisotopic (exact) mass is 394 g/mol. The van der Waals surface area contributed by atoms with Gasteiger partial charge in [-0.1, -0.05) is 6.07 Å². The Morgan fingerprint density at radius 2 is 1.86 bits per heavy atom. The molecule has 0 aliphatic carbocycles. The van der Waals surface area contributed by atoms with Crippen molar-refractivity contribution in [1.29, 1.82) is 0 Å². The zero-order valence-electron chi connectivity index (χ0n) is 16.2. The molecule has 0 saturated heterocycles. The summed E-state index contributed by atoms with van der Waals surface area (Å²) >= 11 is 0. The standard InChI is InChI=1S/C22H20F2N4O/c1-13-7-18-16(11-27-22(18)26-10-13)8-15-4-6-17(28-21(15)24)5-3-14-9-20(29-2)25-12-19(14)23/h4,6-7,9-12H,3,5,8H2,1-2H3,(H,26,27). The van der Waals surface area contributed by atoms with Gasteiger partial charge in [-0.3, -0.25) is 0 Å². The fourth-order valence-electron chi connectivity index (χ4n) is 3.31.